The zero-order valence-electron chi connectivity index (χ0n) is 19.5. The van der Waals surface area contributed by atoms with Gasteiger partial charge in [0.25, 0.3) is 0 Å². The van der Waals surface area contributed by atoms with E-state index < -0.39 is 18.4 Å². The van der Waals surface area contributed by atoms with E-state index in [9.17, 15) is 18.0 Å². The quantitative estimate of drug-likeness (QED) is 0.400. The van der Waals surface area contributed by atoms with Gasteiger partial charge in [0.1, 0.15) is 11.5 Å². The van der Waals surface area contributed by atoms with Crippen molar-refractivity contribution in [3.8, 4) is 17.2 Å². The van der Waals surface area contributed by atoms with Gasteiger partial charge in [0.05, 0.1) is 10.7 Å². The number of likely N-dealkylation sites (N-methyl/N-ethyl adjacent to an activating group) is 1. The number of nitrogens with one attached hydrogen (secondary N) is 1. The molecular weight excluding hydrogens is 487 g/mol. The van der Waals surface area contributed by atoms with Crippen LogP contribution in [0.25, 0.3) is 5.69 Å². The molecule has 0 aliphatic heterocycles. The molecule has 0 amide bonds. The average molecular weight is 512 g/mol. The smallest absolute Gasteiger partial charge is 0.479 e. The zero-order valence-corrected chi connectivity index (χ0v) is 20.2. The van der Waals surface area contributed by atoms with E-state index in [2.05, 4.69) is 15.2 Å². The molecule has 35 heavy (non-hydrogen) atoms. The summed E-state index contributed by atoms with van der Waals surface area (Å²) in [5, 5.41) is 17.0. The number of carboxylic acids is 1. The summed E-state index contributed by atoms with van der Waals surface area (Å²) in [6, 6.07) is 9.17. The number of ether oxygens (including phenoxy) is 2. The molecule has 2 aromatic carbocycles. The Bertz CT molecular complexity index is 1210. The third kappa shape index (κ3) is 6.26. The summed E-state index contributed by atoms with van der Waals surface area (Å²) in [6.45, 7) is 4.92. The van der Waals surface area contributed by atoms with Crippen LogP contribution in [0.2, 0.25) is 5.02 Å². The van der Waals surface area contributed by atoms with E-state index in [1.54, 1.807) is 30.9 Å². The number of hydrogen-bond donors (Lipinski definition) is 2. The van der Waals surface area contributed by atoms with Gasteiger partial charge in [0, 0.05) is 24.4 Å². The lowest BCUT2D eigenvalue weighted by atomic mass is 9.97. The van der Waals surface area contributed by atoms with E-state index in [1.807, 2.05) is 19.1 Å². The van der Waals surface area contributed by atoms with Gasteiger partial charge in [-0.2, -0.15) is 5.10 Å². The predicted octanol–water partition coefficient (Wildman–Crippen LogP) is 5.40. The van der Waals surface area contributed by atoms with E-state index >= 15 is 0 Å². The first kappa shape index (κ1) is 26.4. The molecule has 1 aromatic heterocycles. The number of carbonyl (C=O) groups is 1. The largest absolute Gasteiger partial charge is 0.573 e. The fourth-order valence-corrected chi connectivity index (χ4v) is 3.94. The molecule has 0 saturated heterocycles. The molecule has 7 nitrogen and oxygen atoms in total. The fraction of sp³-hybridized carbons (Fsp3) is 0.333. The van der Waals surface area contributed by atoms with Gasteiger partial charge in [-0.3, -0.25) is 0 Å². The van der Waals surface area contributed by atoms with Crippen molar-refractivity contribution in [3.05, 3.63) is 70.0 Å². The van der Waals surface area contributed by atoms with Crippen LogP contribution in [0.15, 0.2) is 42.6 Å². The van der Waals surface area contributed by atoms with Gasteiger partial charge >= 0.3 is 12.3 Å². The molecular formula is C24H25ClF3N3O4. The zero-order chi connectivity index (χ0) is 25.9. The van der Waals surface area contributed by atoms with Crippen LogP contribution in [-0.4, -0.2) is 40.4 Å². The third-order valence-corrected chi connectivity index (χ3v) is 6.00. The average Bonchev–Trinajstić information content (AvgIpc) is 3.22. The Morgan fingerprint density at radius 2 is 1.94 bits per heavy atom. The van der Waals surface area contributed by atoms with Crippen LogP contribution >= 0.6 is 11.6 Å². The topological polar surface area (TPSA) is 85.6 Å². The molecule has 2 atom stereocenters. The van der Waals surface area contributed by atoms with E-state index in [1.165, 1.54) is 25.1 Å². The summed E-state index contributed by atoms with van der Waals surface area (Å²) in [5.74, 6) is -1.12. The van der Waals surface area contributed by atoms with Gasteiger partial charge in [-0.25, -0.2) is 9.48 Å². The summed E-state index contributed by atoms with van der Waals surface area (Å²) in [7, 11) is 1.80. The first-order valence-corrected chi connectivity index (χ1v) is 11.0. The monoisotopic (exact) mass is 511 g/mol. The Morgan fingerprint density at radius 3 is 2.54 bits per heavy atom. The molecule has 0 radical (unpaired) electrons. The van der Waals surface area contributed by atoms with Gasteiger partial charge < -0.3 is 19.9 Å². The minimum atomic E-state index is -4.77. The molecule has 0 aliphatic carbocycles. The first-order chi connectivity index (χ1) is 16.4. The minimum Gasteiger partial charge on any atom is -0.479 e. The van der Waals surface area contributed by atoms with Crippen LogP contribution in [0, 0.1) is 13.8 Å². The lowest BCUT2D eigenvalue weighted by molar-refractivity contribution is -0.274. The second-order valence-electron chi connectivity index (χ2n) is 7.97. The second-order valence-corrected chi connectivity index (χ2v) is 8.34. The Morgan fingerprint density at radius 1 is 1.23 bits per heavy atom. The Hall–Kier alpha value is -3.24. The van der Waals surface area contributed by atoms with Gasteiger partial charge in [-0.1, -0.05) is 17.7 Å². The highest BCUT2D eigenvalue weighted by Gasteiger charge is 2.31. The molecule has 0 bridgehead atoms. The highest BCUT2D eigenvalue weighted by Crippen LogP contribution is 2.35. The van der Waals surface area contributed by atoms with Crippen LogP contribution in [0.3, 0.4) is 0 Å². The van der Waals surface area contributed by atoms with E-state index in [-0.39, 0.29) is 17.5 Å². The third-order valence-electron chi connectivity index (χ3n) is 5.53. The Balaban J connectivity index is 1.87. The summed E-state index contributed by atoms with van der Waals surface area (Å²) in [4.78, 5) is 11.1. The standard InChI is InChI=1S/C24H25ClF3N3O4/c1-13-11-17(35-24(26,27)28)5-7-20(13)31-16(9-10-30-31)12-19(29-4)18-6-8-21(22(25)14(18)2)34-15(3)23(32)33/h5-11,15,19,29H,12H2,1-4H3,(H,32,33). The minimum absolute atomic E-state index is 0.193. The highest BCUT2D eigenvalue weighted by atomic mass is 35.5. The first-order valence-electron chi connectivity index (χ1n) is 10.7. The predicted molar refractivity (Wildman–Crippen MR) is 124 cm³/mol. The number of aromatic nitrogens is 2. The van der Waals surface area contributed by atoms with Crippen LogP contribution in [0.4, 0.5) is 13.2 Å². The van der Waals surface area contributed by atoms with E-state index in [0.29, 0.717) is 22.7 Å². The second kappa shape index (κ2) is 10.6. The van der Waals surface area contributed by atoms with Crippen molar-refractivity contribution in [3.63, 3.8) is 0 Å². The molecule has 0 aliphatic rings. The van der Waals surface area contributed by atoms with E-state index in [4.69, 9.17) is 21.4 Å². The Labute approximate surface area is 205 Å². The molecule has 1 heterocycles. The summed E-state index contributed by atoms with van der Waals surface area (Å²) in [6.07, 6.45) is -3.72. The molecule has 0 saturated carbocycles. The molecule has 3 rings (SSSR count). The summed E-state index contributed by atoms with van der Waals surface area (Å²) < 4.78 is 48.8. The number of alkyl halides is 3. The lowest BCUT2D eigenvalue weighted by Crippen LogP contribution is -2.24. The number of benzene rings is 2. The maximum absolute atomic E-state index is 12.5. The van der Waals surface area contributed by atoms with Gasteiger partial charge in [0.2, 0.25) is 0 Å². The maximum atomic E-state index is 12.5. The van der Waals surface area contributed by atoms with Gasteiger partial charge in [0.15, 0.2) is 6.10 Å². The van der Waals surface area contributed by atoms with Crippen molar-refractivity contribution >= 4 is 17.6 Å². The van der Waals surface area contributed by atoms with Crippen molar-refractivity contribution in [1.29, 1.82) is 0 Å². The number of rotatable bonds is 9. The molecule has 3 aromatic rings. The normalized spacial score (nSPS) is 13.4. The van der Waals surface area contributed by atoms with Crippen molar-refractivity contribution in [1.82, 2.24) is 15.1 Å². The highest BCUT2D eigenvalue weighted by molar-refractivity contribution is 6.32. The Kier molecular flexibility index (Phi) is 7.97. The van der Waals surface area contributed by atoms with Crippen molar-refractivity contribution in [2.24, 2.45) is 0 Å². The van der Waals surface area contributed by atoms with Crippen LogP contribution in [-0.2, 0) is 11.2 Å². The maximum Gasteiger partial charge on any atom is 0.573 e. The number of carboxylic acid groups (broad SMARTS) is 1. The van der Waals surface area contributed by atoms with Crippen molar-refractivity contribution in [2.45, 2.75) is 45.7 Å². The van der Waals surface area contributed by atoms with Gasteiger partial charge in [-0.05, 0) is 74.8 Å². The molecule has 188 valence electrons. The van der Waals surface area contributed by atoms with E-state index in [0.717, 1.165) is 16.8 Å². The lowest BCUT2D eigenvalue weighted by Gasteiger charge is -2.22. The van der Waals surface area contributed by atoms with Crippen LogP contribution in [0.5, 0.6) is 11.5 Å². The molecule has 2 unspecified atom stereocenters. The van der Waals surface area contributed by atoms with Crippen LogP contribution in [0.1, 0.15) is 35.3 Å². The summed E-state index contributed by atoms with van der Waals surface area (Å²) >= 11 is 6.48. The molecule has 0 fully saturated rings. The summed E-state index contributed by atoms with van der Waals surface area (Å²) in [5.41, 5.74) is 3.61. The number of aliphatic carboxylic acids is 1. The van der Waals surface area contributed by atoms with Crippen LogP contribution < -0.4 is 14.8 Å². The molecule has 0 spiro atoms. The molecule has 2 N–H and O–H groups in total. The molecule has 11 heteroatoms. The number of nitrogens with zero attached hydrogens (tertiary/aromatic N) is 2. The number of aryl methyl sites for hydroxylation is 1. The number of hydrogen-bond acceptors (Lipinski definition) is 5. The number of halogens is 4. The van der Waals surface area contributed by atoms with Crippen molar-refractivity contribution < 1.29 is 32.5 Å². The SMILES string of the molecule is CNC(Cc1ccnn1-c1ccc(OC(F)(F)F)cc1C)c1ccc(OC(C)C(=O)O)c(Cl)c1C. The fourth-order valence-electron chi connectivity index (χ4n) is 3.73. The van der Waals surface area contributed by atoms with Gasteiger partial charge in [-0.15, -0.1) is 13.2 Å². The van der Waals surface area contributed by atoms with Crippen molar-refractivity contribution in [2.75, 3.05) is 7.05 Å².